The van der Waals surface area contributed by atoms with E-state index in [-0.39, 0.29) is 0 Å². The summed E-state index contributed by atoms with van der Waals surface area (Å²) in [5, 5.41) is 3.58. The normalized spacial score (nSPS) is 25.5. The Morgan fingerprint density at radius 1 is 1.29 bits per heavy atom. The van der Waals surface area contributed by atoms with Crippen LogP contribution in [0.4, 0.5) is 0 Å². The molecule has 2 nitrogen and oxygen atoms in total. The Kier molecular flexibility index (Phi) is 5.69. The largest absolute Gasteiger partial charge is 0.493 e. The molecule has 0 aromatic heterocycles. The first-order valence-corrected chi connectivity index (χ1v) is 8.52. The molecule has 118 valence electrons. The number of nitrogens with one attached hydrogen (secondary N) is 1. The topological polar surface area (TPSA) is 21.3 Å². The zero-order valence-corrected chi connectivity index (χ0v) is 14.1. The predicted molar refractivity (Wildman–Crippen MR) is 90.0 cm³/mol. The molecule has 1 saturated carbocycles. The zero-order valence-electron chi connectivity index (χ0n) is 14.1. The average molecular weight is 289 g/mol. The quantitative estimate of drug-likeness (QED) is 0.804. The van der Waals surface area contributed by atoms with Gasteiger partial charge in [0.1, 0.15) is 5.75 Å². The van der Waals surface area contributed by atoms with Crippen molar-refractivity contribution in [2.45, 2.75) is 52.4 Å². The van der Waals surface area contributed by atoms with Crippen LogP contribution < -0.4 is 10.1 Å². The summed E-state index contributed by atoms with van der Waals surface area (Å²) in [6.45, 7) is 11.9. The number of benzene rings is 1. The number of hydrogen-bond donors (Lipinski definition) is 1. The molecule has 0 heterocycles. The summed E-state index contributed by atoms with van der Waals surface area (Å²) in [5.41, 5.74) is 1.79. The summed E-state index contributed by atoms with van der Waals surface area (Å²) in [6, 6.07) is 8.87. The maximum Gasteiger partial charge on any atom is 0.119 e. The molecule has 1 aromatic rings. The van der Waals surface area contributed by atoms with Crippen molar-refractivity contribution in [2.75, 3.05) is 19.7 Å². The summed E-state index contributed by atoms with van der Waals surface area (Å²) in [6.07, 6.45) is 3.99. The minimum Gasteiger partial charge on any atom is -0.493 e. The Morgan fingerprint density at radius 3 is 2.52 bits per heavy atom. The molecule has 0 amide bonds. The van der Waals surface area contributed by atoms with E-state index in [9.17, 15) is 0 Å². The highest BCUT2D eigenvalue weighted by Crippen LogP contribution is 2.45. The lowest BCUT2D eigenvalue weighted by atomic mass is 9.73. The molecule has 21 heavy (non-hydrogen) atoms. The minimum absolute atomic E-state index is 0.312. The average Bonchev–Trinajstić information content (AvgIpc) is 2.85. The third-order valence-electron chi connectivity index (χ3n) is 4.91. The minimum atomic E-state index is 0.312. The fourth-order valence-corrected chi connectivity index (χ4v) is 3.53. The maximum absolute atomic E-state index is 5.81. The first-order chi connectivity index (χ1) is 10.1. The van der Waals surface area contributed by atoms with E-state index in [4.69, 9.17) is 4.74 Å². The summed E-state index contributed by atoms with van der Waals surface area (Å²) >= 11 is 0. The van der Waals surface area contributed by atoms with E-state index in [1.165, 1.54) is 24.8 Å². The van der Waals surface area contributed by atoms with Gasteiger partial charge in [-0.25, -0.2) is 0 Å². The molecular weight excluding hydrogens is 258 g/mol. The lowest BCUT2D eigenvalue weighted by Crippen LogP contribution is -2.40. The Hall–Kier alpha value is -1.02. The number of likely N-dealkylation sites (N-methyl/N-ethyl adjacent to an activating group) is 1. The Labute approximate surface area is 130 Å². The molecule has 2 heteroatoms. The molecular formula is C19H31NO. The summed E-state index contributed by atoms with van der Waals surface area (Å²) in [7, 11) is 0. The SMILES string of the molecule is CCNCC1(c2ccc(OCC(C)C)cc2)CCCC1C. The highest BCUT2D eigenvalue weighted by molar-refractivity contribution is 5.34. The Morgan fingerprint density at radius 2 is 2.00 bits per heavy atom. The van der Waals surface area contributed by atoms with Crippen LogP contribution in [0.2, 0.25) is 0 Å². The van der Waals surface area contributed by atoms with Crippen LogP contribution in [0.3, 0.4) is 0 Å². The van der Waals surface area contributed by atoms with Crippen LogP contribution >= 0.6 is 0 Å². The van der Waals surface area contributed by atoms with Crippen LogP contribution in [0, 0.1) is 11.8 Å². The van der Waals surface area contributed by atoms with E-state index in [1.807, 2.05) is 0 Å². The van der Waals surface area contributed by atoms with Crippen molar-refractivity contribution < 1.29 is 4.74 Å². The molecule has 1 aliphatic rings. The molecule has 0 aliphatic heterocycles. The first kappa shape index (κ1) is 16.4. The second kappa shape index (κ2) is 7.31. The number of ether oxygens (including phenoxy) is 1. The van der Waals surface area contributed by atoms with E-state index in [0.29, 0.717) is 11.3 Å². The maximum atomic E-state index is 5.81. The van der Waals surface area contributed by atoms with Gasteiger partial charge in [0.25, 0.3) is 0 Å². The highest BCUT2D eigenvalue weighted by atomic mass is 16.5. The van der Waals surface area contributed by atoms with Gasteiger partial charge in [0, 0.05) is 12.0 Å². The van der Waals surface area contributed by atoms with Gasteiger partial charge in [-0.2, -0.15) is 0 Å². The summed E-state index contributed by atoms with van der Waals surface area (Å²) in [4.78, 5) is 0. The molecule has 1 fully saturated rings. The molecule has 2 atom stereocenters. The molecule has 2 rings (SSSR count). The van der Waals surface area contributed by atoms with Gasteiger partial charge in [-0.15, -0.1) is 0 Å². The first-order valence-electron chi connectivity index (χ1n) is 8.52. The van der Waals surface area contributed by atoms with Crippen LogP contribution in [-0.2, 0) is 5.41 Å². The molecule has 0 bridgehead atoms. The molecule has 0 saturated heterocycles. The van der Waals surface area contributed by atoms with Crippen molar-refractivity contribution in [1.29, 1.82) is 0 Å². The Bertz CT molecular complexity index is 426. The lowest BCUT2D eigenvalue weighted by molar-refractivity contribution is 0.270. The van der Waals surface area contributed by atoms with Crippen molar-refractivity contribution in [3.63, 3.8) is 0 Å². The van der Waals surface area contributed by atoms with Crippen LogP contribution in [0.25, 0.3) is 0 Å². The third-order valence-corrected chi connectivity index (χ3v) is 4.91. The van der Waals surface area contributed by atoms with Crippen LogP contribution in [-0.4, -0.2) is 19.7 Å². The highest BCUT2D eigenvalue weighted by Gasteiger charge is 2.41. The molecule has 1 aliphatic carbocycles. The van der Waals surface area contributed by atoms with Crippen molar-refractivity contribution in [2.24, 2.45) is 11.8 Å². The zero-order chi connectivity index (χ0) is 15.3. The van der Waals surface area contributed by atoms with E-state index in [2.05, 4.69) is 57.3 Å². The second-order valence-electron chi connectivity index (χ2n) is 6.96. The van der Waals surface area contributed by atoms with Gasteiger partial charge in [-0.3, -0.25) is 0 Å². The van der Waals surface area contributed by atoms with E-state index in [0.717, 1.165) is 31.4 Å². The van der Waals surface area contributed by atoms with E-state index in [1.54, 1.807) is 0 Å². The monoisotopic (exact) mass is 289 g/mol. The van der Waals surface area contributed by atoms with Crippen molar-refractivity contribution in [3.8, 4) is 5.75 Å². The molecule has 0 spiro atoms. The van der Waals surface area contributed by atoms with Crippen LogP contribution in [0.5, 0.6) is 5.75 Å². The molecule has 2 unspecified atom stereocenters. The van der Waals surface area contributed by atoms with Crippen molar-refractivity contribution in [3.05, 3.63) is 29.8 Å². The third kappa shape index (κ3) is 3.79. The fourth-order valence-electron chi connectivity index (χ4n) is 3.53. The standard InChI is InChI=1S/C19H31NO/c1-5-20-14-19(12-6-7-16(19)4)17-8-10-18(11-9-17)21-13-15(2)3/h8-11,15-16,20H,5-7,12-14H2,1-4H3. The fraction of sp³-hybridized carbons (Fsp3) is 0.684. The van der Waals surface area contributed by atoms with Crippen molar-refractivity contribution >= 4 is 0 Å². The smallest absolute Gasteiger partial charge is 0.119 e. The van der Waals surface area contributed by atoms with Gasteiger partial charge in [0.05, 0.1) is 6.61 Å². The van der Waals surface area contributed by atoms with Gasteiger partial charge in [-0.05, 0) is 48.9 Å². The van der Waals surface area contributed by atoms with Gasteiger partial charge in [0.15, 0.2) is 0 Å². The predicted octanol–water partition coefficient (Wildman–Crippen LogP) is 4.39. The van der Waals surface area contributed by atoms with Gasteiger partial charge < -0.3 is 10.1 Å². The summed E-state index contributed by atoms with van der Waals surface area (Å²) in [5.74, 6) is 2.32. The Balaban J connectivity index is 2.13. The van der Waals surface area contributed by atoms with E-state index < -0.39 is 0 Å². The number of hydrogen-bond acceptors (Lipinski definition) is 2. The van der Waals surface area contributed by atoms with Crippen LogP contribution in [0.1, 0.15) is 52.5 Å². The molecule has 0 radical (unpaired) electrons. The van der Waals surface area contributed by atoms with E-state index >= 15 is 0 Å². The van der Waals surface area contributed by atoms with Crippen LogP contribution in [0.15, 0.2) is 24.3 Å². The van der Waals surface area contributed by atoms with Gasteiger partial charge >= 0.3 is 0 Å². The second-order valence-corrected chi connectivity index (χ2v) is 6.96. The summed E-state index contributed by atoms with van der Waals surface area (Å²) < 4.78 is 5.81. The lowest BCUT2D eigenvalue weighted by Gasteiger charge is -2.35. The molecule has 1 aromatic carbocycles. The molecule has 1 N–H and O–H groups in total. The van der Waals surface area contributed by atoms with Crippen molar-refractivity contribution in [1.82, 2.24) is 5.32 Å². The number of rotatable bonds is 7. The van der Waals surface area contributed by atoms with Gasteiger partial charge in [0.2, 0.25) is 0 Å². The van der Waals surface area contributed by atoms with Gasteiger partial charge in [-0.1, -0.05) is 46.2 Å².